The van der Waals surface area contributed by atoms with E-state index in [-0.39, 0.29) is 18.3 Å². The number of fused-ring (bicyclic) bond motifs is 1. The maximum Gasteiger partial charge on any atom is 0.322 e. The quantitative estimate of drug-likeness (QED) is 0.219. The van der Waals surface area contributed by atoms with Crippen LogP contribution in [0.2, 0.25) is 10.0 Å². The minimum atomic E-state index is -0.428. The van der Waals surface area contributed by atoms with Crippen LogP contribution in [0.5, 0.6) is 0 Å². The number of urea groups is 1. The lowest BCUT2D eigenvalue weighted by Crippen LogP contribution is -2.45. The van der Waals surface area contributed by atoms with Gasteiger partial charge in [0.1, 0.15) is 12.4 Å². The Bertz CT molecular complexity index is 1410. The topological polar surface area (TPSA) is 68.4 Å². The summed E-state index contributed by atoms with van der Waals surface area (Å²) in [5.41, 5.74) is 3.35. The van der Waals surface area contributed by atoms with Gasteiger partial charge >= 0.3 is 6.03 Å². The summed E-state index contributed by atoms with van der Waals surface area (Å²) in [6.45, 7) is 2.94. The van der Waals surface area contributed by atoms with Gasteiger partial charge in [0.25, 0.3) is 0 Å². The standard InChI is InChI=1S/C29H29Cl2FN4O2/c1-2-14-36(29(38)34-27-12-9-22(30)16-25(27)31)19-28(37)35(18-20-7-10-23(32)11-8-20)15-13-21-17-33-26-6-4-3-5-24(21)26/h3-12,16-17,33H,2,13-15,18-19H2,1H3,(H,34,38). The molecule has 1 aromatic heterocycles. The van der Waals surface area contributed by atoms with Crippen molar-refractivity contribution in [2.45, 2.75) is 26.3 Å². The Morgan fingerprint density at radius 3 is 2.47 bits per heavy atom. The zero-order valence-corrected chi connectivity index (χ0v) is 22.5. The molecule has 0 unspecified atom stereocenters. The van der Waals surface area contributed by atoms with E-state index in [4.69, 9.17) is 23.2 Å². The lowest BCUT2D eigenvalue weighted by Gasteiger charge is -2.28. The number of nitrogens with zero attached hydrogens (tertiary/aromatic N) is 2. The van der Waals surface area contributed by atoms with E-state index in [2.05, 4.69) is 10.3 Å². The average Bonchev–Trinajstić information content (AvgIpc) is 3.32. The predicted octanol–water partition coefficient (Wildman–Crippen LogP) is 7.13. The van der Waals surface area contributed by atoms with Crippen LogP contribution in [0.15, 0.2) is 72.9 Å². The van der Waals surface area contributed by atoms with Crippen molar-refractivity contribution in [1.29, 1.82) is 0 Å². The molecule has 2 N–H and O–H groups in total. The van der Waals surface area contributed by atoms with Gasteiger partial charge in [-0.15, -0.1) is 0 Å². The first-order valence-electron chi connectivity index (χ1n) is 12.4. The van der Waals surface area contributed by atoms with Crippen LogP contribution in [0.25, 0.3) is 10.9 Å². The highest BCUT2D eigenvalue weighted by Gasteiger charge is 2.22. The van der Waals surface area contributed by atoms with Gasteiger partial charge in [-0.05, 0) is 60.4 Å². The minimum Gasteiger partial charge on any atom is -0.361 e. The monoisotopic (exact) mass is 554 g/mol. The minimum absolute atomic E-state index is 0.111. The van der Waals surface area contributed by atoms with Crippen LogP contribution in [0.4, 0.5) is 14.9 Å². The first-order valence-corrected chi connectivity index (χ1v) is 13.2. The molecule has 0 radical (unpaired) electrons. The second-order valence-corrected chi connectivity index (χ2v) is 9.87. The fourth-order valence-electron chi connectivity index (χ4n) is 4.27. The number of benzene rings is 3. The van der Waals surface area contributed by atoms with E-state index in [9.17, 15) is 14.0 Å². The Labute approximate surface area is 231 Å². The summed E-state index contributed by atoms with van der Waals surface area (Å²) in [4.78, 5) is 33.1. The molecule has 4 rings (SSSR count). The molecule has 6 nitrogen and oxygen atoms in total. The third-order valence-electron chi connectivity index (χ3n) is 6.24. The molecule has 0 saturated carbocycles. The Hall–Kier alpha value is -3.55. The predicted molar refractivity (Wildman–Crippen MR) is 151 cm³/mol. The molecule has 0 atom stereocenters. The van der Waals surface area contributed by atoms with Crippen molar-refractivity contribution in [2.24, 2.45) is 0 Å². The van der Waals surface area contributed by atoms with Gasteiger partial charge in [-0.1, -0.05) is 60.5 Å². The number of hydrogen-bond acceptors (Lipinski definition) is 2. The molecule has 1 heterocycles. The van der Waals surface area contributed by atoms with Crippen LogP contribution in [0.1, 0.15) is 24.5 Å². The summed E-state index contributed by atoms with van der Waals surface area (Å²) in [5.74, 6) is -0.544. The number of H-pyrrole nitrogens is 1. The van der Waals surface area contributed by atoms with E-state index < -0.39 is 6.03 Å². The van der Waals surface area contributed by atoms with Crippen molar-refractivity contribution in [3.63, 3.8) is 0 Å². The molecule has 3 aromatic carbocycles. The zero-order valence-electron chi connectivity index (χ0n) is 21.0. The number of anilines is 1. The molecular formula is C29H29Cl2FN4O2. The van der Waals surface area contributed by atoms with E-state index in [0.29, 0.717) is 48.2 Å². The van der Waals surface area contributed by atoms with Gasteiger partial charge < -0.3 is 20.1 Å². The molecule has 4 aromatic rings. The molecule has 0 fully saturated rings. The number of carbonyl (C=O) groups is 2. The lowest BCUT2D eigenvalue weighted by molar-refractivity contribution is -0.132. The van der Waals surface area contributed by atoms with Gasteiger partial charge in [0, 0.05) is 41.8 Å². The van der Waals surface area contributed by atoms with Crippen LogP contribution in [-0.4, -0.2) is 46.4 Å². The van der Waals surface area contributed by atoms with Crippen molar-refractivity contribution < 1.29 is 14.0 Å². The second-order valence-electron chi connectivity index (χ2n) is 9.03. The number of aromatic nitrogens is 1. The molecule has 0 aliphatic rings. The number of aromatic amines is 1. The van der Waals surface area contributed by atoms with Crippen LogP contribution < -0.4 is 5.32 Å². The maximum atomic E-state index is 13.6. The molecule has 38 heavy (non-hydrogen) atoms. The summed E-state index contributed by atoms with van der Waals surface area (Å²) in [7, 11) is 0. The summed E-state index contributed by atoms with van der Waals surface area (Å²) in [5, 5.41) is 4.65. The number of hydrogen-bond donors (Lipinski definition) is 2. The van der Waals surface area contributed by atoms with E-state index in [0.717, 1.165) is 22.0 Å². The molecule has 9 heteroatoms. The van der Waals surface area contributed by atoms with E-state index >= 15 is 0 Å². The van der Waals surface area contributed by atoms with Gasteiger partial charge in [0.2, 0.25) is 5.91 Å². The van der Waals surface area contributed by atoms with Crippen LogP contribution in [0, 0.1) is 5.82 Å². The number of amides is 3. The first kappa shape index (κ1) is 27.5. The molecular weight excluding hydrogens is 526 g/mol. The smallest absolute Gasteiger partial charge is 0.322 e. The second kappa shape index (κ2) is 12.8. The molecule has 0 aliphatic carbocycles. The number of carbonyl (C=O) groups excluding carboxylic acids is 2. The van der Waals surface area contributed by atoms with E-state index in [1.165, 1.54) is 17.0 Å². The SMILES string of the molecule is CCCN(CC(=O)N(CCc1c[nH]c2ccccc12)Cc1ccc(F)cc1)C(=O)Nc1ccc(Cl)cc1Cl. The van der Waals surface area contributed by atoms with Gasteiger partial charge in [-0.2, -0.15) is 0 Å². The Morgan fingerprint density at radius 1 is 0.974 bits per heavy atom. The number of halogens is 3. The summed E-state index contributed by atoms with van der Waals surface area (Å²) in [6.07, 6.45) is 3.25. The van der Waals surface area contributed by atoms with Crippen molar-refractivity contribution in [1.82, 2.24) is 14.8 Å². The average molecular weight is 555 g/mol. The zero-order chi connectivity index (χ0) is 27.1. The third-order valence-corrected chi connectivity index (χ3v) is 6.79. The van der Waals surface area contributed by atoms with Crippen molar-refractivity contribution >= 4 is 51.7 Å². The van der Waals surface area contributed by atoms with Crippen LogP contribution in [0.3, 0.4) is 0 Å². The van der Waals surface area contributed by atoms with Crippen LogP contribution in [-0.2, 0) is 17.8 Å². The summed E-state index contributed by atoms with van der Waals surface area (Å²) in [6, 6.07) is 18.5. The molecule has 0 aliphatic heterocycles. The molecule has 0 saturated heterocycles. The largest absolute Gasteiger partial charge is 0.361 e. The molecule has 0 spiro atoms. The summed E-state index contributed by atoms with van der Waals surface area (Å²) >= 11 is 12.2. The number of para-hydroxylation sites is 1. The van der Waals surface area contributed by atoms with E-state index in [1.807, 2.05) is 37.4 Å². The highest BCUT2D eigenvalue weighted by atomic mass is 35.5. The first-order chi connectivity index (χ1) is 18.3. The van der Waals surface area contributed by atoms with Gasteiger partial charge in [-0.25, -0.2) is 9.18 Å². The van der Waals surface area contributed by atoms with Gasteiger partial charge in [-0.3, -0.25) is 4.79 Å². The third kappa shape index (κ3) is 7.05. The maximum absolute atomic E-state index is 13.6. The summed E-state index contributed by atoms with van der Waals surface area (Å²) < 4.78 is 13.5. The fraction of sp³-hybridized carbons (Fsp3) is 0.241. The highest BCUT2D eigenvalue weighted by Crippen LogP contribution is 2.26. The van der Waals surface area contributed by atoms with E-state index in [1.54, 1.807) is 35.2 Å². The van der Waals surface area contributed by atoms with Gasteiger partial charge in [0.15, 0.2) is 0 Å². The normalized spacial score (nSPS) is 10.9. The van der Waals surface area contributed by atoms with Gasteiger partial charge in [0.05, 0.1) is 10.7 Å². The number of nitrogens with one attached hydrogen (secondary N) is 2. The lowest BCUT2D eigenvalue weighted by atomic mass is 10.1. The highest BCUT2D eigenvalue weighted by molar-refractivity contribution is 6.36. The fourth-order valence-corrected chi connectivity index (χ4v) is 4.72. The van der Waals surface area contributed by atoms with Crippen LogP contribution >= 0.6 is 23.2 Å². The molecule has 198 valence electrons. The Morgan fingerprint density at radius 2 is 1.74 bits per heavy atom. The number of rotatable bonds is 10. The van der Waals surface area contributed by atoms with Crippen molar-refractivity contribution in [3.8, 4) is 0 Å². The molecule has 3 amide bonds. The molecule has 0 bridgehead atoms. The van der Waals surface area contributed by atoms with Crippen molar-refractivity contribution in [3.05, 3.63) is 99.9 Å². The Balaban J connectivity index is 1.50. The van der Waals surface area contributed by atoms with Crippen molar-refractivity contribution in [2.75, 3.05) is 25.0 Å². The Kier molecular flexibility index (Phi) is 9.26.